The van der Waals surface area contributed by atoms with Crippen molar-refractivity contribution in [2.75, 3.05) is 12.8 Å². The number of thioether (sulfide) groups is 1. The Bertz CT molecular complexity index is 615. The van der Waals surface area contributed by atoms with Crippen LogP contribution < -0.4 is 0 Å². The average Bonchev–Trinajstić information content (AvgIpc) is 2.49. The Balaban J connectivity index is 2.10. The first-order chi connectivity index (χ1) is 10.1. The van der Waals surface area contributed by atoms with Gasteiger partial charge in [0.15, 0.2) is 0 Å². The molecule has 1 amide bonds. The molecule has 0 unspecified atom stereocenters. The lowest BCUT2D eigenvalue weighted by molar-refractivity contribution is 0.0785. The molecule has 0 saturated heterocycles. The van der Waals surface area contributed by atoms with E-state index in [1.807, 2.05) is 42.5 Å². The quantitative estimate of drug-likeness (QED) is 0.743. The highest BCUT2D eigenvalue weighted by Gasteiger charge is 2.13. The van der Waals surface area contributed by atoms with Gasteiger partial charge in [-0.15, -0.1) is 11.8 Å². The van der Waals surface area contributed by atoms with Crippen LogP contribution in [-0.4, -0.2) is 23.6 Å². The number of carbonyl (C=O) groups excluding carboxylic acids is 1. The highest BCUT2D eigenvalue weighted by molar-refractivity contribution is 7.99. The Hall–Kier alpha value is -1.45. The van der Waals surface area contributed by atoms with Crippen molar-refractivity contribution < 1.29 is 4.79 Å². The monoisotopic (exact) mass is 319 g/mol. The minimum absolute atomic E-state index is 0.0196. The van der Waals surface area contributed by atoms with Crippen LogP contribution in [0.15, 0.2) is 53.4 Å². The van der Waals surface area contributed by atoms with Gasteiger partial charge in [-0.05, 0) is 29.5 Å². The van der Waals surface area contributed by atoms with Gasteiger partial charge >= 0.3 is 0 Å². The van der Waals surface area contributed by atoms with E-state index in [2.05, 4.69) is 6.92 Å². The van der Waals surface area contributed by atoms with E-state index in [1.54, 1.807) is 29.8 Å². The van der Waals surface area contributed by atoms with E-state index in [-0.39, 0.29) is 5.91 Å². The summed E-state index contributed by atoms with van der Waals surface area (Å²) in [5.41, 5.74) is 1.73. The second-order valence-electron chi connectivity index (χ2n) is 4.73. The number of benzene rings is 2. The van der Waals surface area contributed by atoms with Crippen LogP contribution in [0.1, 0.15) is 22.8 Å². The average molecular weight is 320 g/mol. The summed E-state index contributed by atoms with van der Waals surface area (Å²) in [5, 5.41) is 0.640. The molecule has 4 heteroatoms. The van der Waals surface area contributed by atoms with Gasteiger partial charge in [-0.3, -0.25) is 4.79 Å². The second-order valence-corrected chi connectivity index (χ2v) is 6.44. The van der Waals surface area contributed by atoms with Gasteiger partial charge in [0.2, 0.25) is 0 Å². The van der Waals surface area contributed by atoms with Crippen LogP contribution in [0.3, 0.4) is 0 Å². The van der Waals surface area contributed by atoms with Gasteiger partial charge in [-0.25, -0.2) is 0 Å². The molecule has 2 aromatic carbocycles. The number of carbonyl (C=O) groups is 1. The first-order valence-electron chi connectivity index (χ1n) is 6.83. The van der Waals surface area contributed by atoms with Crippen molar-refractivity contribution in [2.24, 2.45) is 0 Å². The lowest BCUT2D eigenvalue weighted by Crippen LogP contribution is -2.26. The van der Waals surface area contributed by atoms with E-state index < -0.39 is 0 Å². The molecule has 0 aromatic heterocycles. The third kappa shape index (κ3) is 4.26. The normalized spacial score (nSPS) is 10.4. The molecule has 0 spiro atoms. The highest BCUT2D eigenvalue weighted by Crippen LogP contribution is 2.28. The molecular weight excluding hydrogens is 302 g/mol. The molecule has 0 aliphatic rings. The fourth-order valence-corrected chi connectivity index (χ4v) is 3.07. The molecule has 0 fully saturated rings. The zero-order valence-electron chi connectivity index (χ0n) is 12.2. The molecule has 0 aliphatic carbocycles. The zero-order chi connectivity index (χ0) is 15.2. The minimum atomic E-state index is -0.0196. The maximum atomic E-state index is 12.4. The SMILES string of the molecule is CCSc1ccc(C(=O)N(C)Cc2ccccc2)cc1Cl. The van der Waals surface area contributed by atoms with Crippen LogP contribution in [0.25, 0.3) is 0 Å². The molecule has 0 aliphatic heterocycles. The topological polar surface area (TPSA) is 20.3 Å². The molecule has 2 rings (SSSR count). The lowest BCUT2D eigenvalue weighted by Gasteiger charge is -2.18. The Morgan fingerprint density at radius 1 is 1.19 bits per heavy atom. The van der Waals surface area contributed by atoms with Gasteiger partial charge in [0, 0.05) is 24.1 Å². The van der Waals surface area contributed by atoms with Gasteiger partial charge in [0.1, 0.15) is 0 Å². The number of halogens is 1. The van der Waals surface area contributed by atoms with Crippen molar-refractivity contribution in [3.05, 3.63) is 64.7 Å². The summed E-state index contributed by atoms with van der Waals surface area (Å²) in [6.45, 7) is 2.66. The highest BCUT2D eigenvalue weighted by atomic mass is 35.5. The van der Waals surface area contributed by atoms with Crippen molar-refractivity contribution in [2.45, 2.75) is 18.4 Å². The molecule has 110 valence electrons. The third-order valence-corrected chi connectivity index (χ3v) is 4.47. The summed E-state index contributed by atoms with van der Waals surface area (Å²) in [4.78, 5) is 15.1. The van der Waals surface area contributed by atoms with Crippen molar-refractivity contribution in [1.82, 2.24) is 4.90 Å². The summed E-state index contributed by atoms with van der Waals surface area (Å²) in [5.74, 6) is 0.940. The fourth-order valence-electron chi connectivity index (χ4n) is 2.06. The van der Waals surface area contributed by atoms with Crippen LogP contribution in [-0.2, 0) is 6.54 Å². The largest absolute Gasteiger partial charge is 0.337 e. The van der Waals surface area contributed by atoms with Gasteiger partial charge in [-0.1, -0.05) is 48.9 Å². The van der Waals surface area contributed by atoms with E-state index in [1.165, 1.54) is 0 Å². The first-order valence-corrected chi connectivity index (χ1v) is 8.20. The fraction of sp³-hybridized carbons (Fsp3) is 0.235. The van der Waals surface area contributed by atoms with Crippen LogP contribution in [0, 0.1) is 0 Å². The van der Waals surface area contributed by atoms with E-state index in [9.17, 15) is 4.79 Å². The minimum Gasteiger partial charge on any atom is -0.337 e. The van der Waals surface area contributed by atoms with Gasteiger partial charge in [-0.2, -0.15) is 0 Å². The molecule has 0 N–H and O–H groups in total. The number of rotatable bonds is 5. The lowest BCUT2D eigenvalue weighted by atomic mass is 10.1. The Labute approximate surface area is 135 Å². The number of nitrogens with zero attached hydrogens (tertiary/aromatic N) is 1. The standard InChI is InChI=1S/C17H18ClNOS/c1-3-21-16-10-9-14(11-15(16)18)17(20)19(2)12-13-7-5-4-6-8-13/h4-11H,3,12H2,1-2H3. The van der Waals surface area contributed by atoms with Crippen molar-refractivity contribution in [3.8, 4) is 0 Å². The summed E-state index contributed by atoms with van der Waals surface area (Å²) >= 11 is 7.90. The molecule has 0 saturated carbocycles. The maximum absolute atomic E-state index is 12.4. The molecule has 2 aromatic rings. The van der Waals surface area contributed by atoms with Crippen LogP contribution in [0.4, 0.5) is 0 Å². The Kier molecular flexibility index (Phi) is 5.71. The van der Waals surface area contributed by atoms with Crippen LogP contribution in [0.2, 0.25) is 5.02 Å². The maximum Gasteiger partial charge on any atom is 0.253 e. The number of hydrogen-bond donors (Lipinski definition) is 0. The van der Waals surface area contributed by atoms with Gasteiger partial charge < -0.3 is 4.90 Å². The van der Waals surface area contributed by atoms with Crippen LogP contribution >= 0.6 is 23.4 Å². The molecule has 0 radical (unpaired) electrons. The molecule has 21 heavy (non-hydrogen) atoms. The molecule has 0 atom stereocenters. The Morgan fingerprint density at radius 2 is 1.90 bits per heavy atom. The summed E-state index contributed by atoms with van der Waals surface area (Å²) < 4.78 is 0. The van der Waals surface area contributed by atoms with Crippen molar-refractivity contribution in [3.63, 3.8) is 0 Å². The second kappa shape index (κ2) is 7.53. The summed E-state index contributed by atoms with van der Waals surface area (Å²) in [6, 6.07) is 15.4. The van der Waals surface area contributed by atoms with Crippen molar-refractivity contribution in [1.29, 1.82) is 0 Å². The molecule has 0 heterocycles. The van der Waals surface area contributed by atoms with Crippen molar-refractivity contribution >= 4 is 29.3 Å². The van der Waals surface area contributed by atoms with Gasteiger partial charge in [0.05, 0.1) is 5.02 Å². The Morgan fingerprint density at radius 3 is 2.52 bits per heavy atom. The molecule has 2 nitrogen and oxygen atoms in total. The third-order valence-electron chi connectivity index (χ3n) is 3.09. The van der Waals surface area contributed by atoms with Gasteiger partial charge in [0.25, 0.3) is 5.91 Å². The van der Waals surface area contributed by atoms with E-state index in [0.29, 0.717) is 17.1 Å². The molecule has 0 bridgehead atoms. The zero-order valence-corrected chi connectivity index (χ0v) is 13.7. The first kappa shape index (κ1) is 15.9. The van der Waals surface area contributed by atoms with Crippen LogP contribution in [0.5, 0.6) is 0 Å². The van der Waals surface area contributed by atoms with E-state index in [4.69, 9.17) is 11.6 Å². The molecular formula is C17H18ClNOS. The number of amides is 1. The van der Waals surface area contributed by atoms with E-state index in [0.717, 1.165) is 16.2 Å². The number of hydrogen-bond acceptors (Lipinski definition) is 2. The smallest absolute Gasteiger partial charge is 0.253 e. The summed E-state index contributed by atoms with van der Waals surface area (Å²) in [7, 11) is 1.80. The summed E-state index contributed by atoms with van der Waals surface area (Å²) in [6.07, 6.45) is 0. The predicted molar refractivity (Wildman–Crippen MR) is 90.1 cm³/mol. The van der Waals surface area contributed by atoms with E-state index >= 15 is 0 Å². The predicted octanol–water partition coefficient (Wildman–Crippen LogP) is 4.72.